The van der Waals surface area contributed by atoms with Crippen LogP contribution in [-0.2, 0) is 0 Å². The molecule has 0 aliphatic heterocycles. The summed E-state index contributed by atoms with van der Waals surface area (Å²) in [4.78, 5) is 15.5. The molecular weight excluding hydrogens is 242 g/mol. The summed E-state index contributed by atoms with van der Waals surface area (Å²) in [7, 11) is 0. The quantitative estimate of drug-likeness (QED) is 0.649. The third-order valence-corrected chi connectivity index (χ3v) is 2.56. The van der Waals surface area contributed by atoms with Crippen molar-refractivity contribution in [1.29, 1.82) is 0 Å². The van der Waals surface area contributed by atoms with E-state index >= 15 is 0 Å². The molecule has 0 fully saturated rings. The fraction of sp³-hybridized carbons (Fsp3) is 0.0714. The summed E-state index contributed by atoms with van der Waals surface area (Å²) in [5.41, 5.74) is 4.10. The van der Waals surface area contributed by atoms with Crippen molar-refractivity contribution < 1.29 is 9.90 Å². The Labute approximate surface area is 110 Å². The minimum Gasteiger partial charge on any atom is -0.507 e. The van der Waals surface area contributed by atoms with E-state index in [2.05, 4.69) is 15.5 Å². The Morgan fingerprint density at radius 3 is 2.95 bits per heavy atom. The Bertz CT molecular complexity index is 609. The monoisotopic (exact) mass is 255 g/mol. The van der Waals surface area contributed by atoms with Gasteiger partial charge >= 0.3 is 0 Å². The SMILES string of the molecule is Cc1cccc(/C=N/NC(=O)c2cccnc2)c1O. The number of hydrogen-bond donors (Lipinski definition) is 2. The highest BCUT2D eigenvalue weighted by Gasteiger charge is 2.03. The predicted molar refractivity (Wildman–Crippen MR) is 72.1 cm³/mol. The largest absolute Gasteiger partial charge is 0.507 e. The van der Waals surface area contributed by atoms with Crippen LogP contribution >= 0.6 is 0 Å². The number of nitrogens with one attached hydrogen (secondary N) is 1. The fourth-order valence-electron chi connectivity index (χ4n) is 1.51. The van der Waals surface area contributed by atoms with Crippen LogP contribution in [0.15, 0.2) is 47.8 Å². The summed E-state index contributed by atoms with van der Waals surface area (Å²) in [5.74, 6) is -0.196. The average molecular weight is 255 g/mol. The molecule has 0 saturated carbocycles. The van der Waals surface area contributed by atoms with Crippen LogP contribution in [0.1, 0.15) is 21.5 Å². The van der Waals surface area contributed by atoms with E-state index in [0.717, 1.165) is 5.56 Å². The van der Waals surface area contributed by atoms with Crippen LogP contribution in [0.25, 0.3) is 0 Å². The molecule has 2 N–H and O–H groups in total. The number of carbonyl (C=O) groups excluding carboxylic acids is 1. The Morgan fingerprint density at radius 1 is 1.37 bits per heavy atom. The van der Waals surface area contributed by atoms with Crippen molar-refractivity contribution in [3.05, 3.63) is 59.4 Å². The summed E-state index contributed by atoms with van der Waals surface area (Å²) >= 11 is 0. The molecule has 1 amide bonds. The lowest BCUT2D eigenvalue weighted by atomic mass is 10.1. The van der Waals surface area contributed by atoms with Crippen LogP contribution < -0.4 is 5.43 Å². The average Bonchev–Trinajstić information content (AvgIpc) is 2.44. The highest BCUT2D eigenvalue weighted by molar-refractivity contribution is 5.94. The standard InChI is InChI=1S/C14H13N3O2/c1-10-4-2-5-11(13(10)18)9-16-17-14(19)12-6-3-7-15-8-12/h2-9,18H,1H3,(H,17,19)/b16-9+. The minimum atomic E-state index is -0.350. The van der Waals surface area contributed by atoms with Crippen LogP contribution in [0.5, 0.6) is 5.75 Å². The van der Waals surface area contributed by atoms with Gasteiger partial charge in [0, 0.05) is 18.0 Å². The van der Waals surface area contributed by atoms with Crippen molar-refractivity contribution in [2.24, 2.45) is 5.10 Å². The molecule has 0 spiro atoms. The van der Waals surface area contributed by atoms with Crippen molar-refractivity contribution in [3.8, 4) is 5.75 Å². The number of hydrogen-bond acceptors (Lipinski definition) is 4. The molecule has 1 heterocycles. The van der Waals surface area contributed by atoms with Gasteiger partial charge in [-0.05, 0) is 30.7 Å². The van der Waals surface area contributed by atoms with Crippen LogP contribution in [-0.4, -0.2) is 22.2 Å². The van der Waals surface area contributed by atoms with E-state index in [1.807, 2.05) is 0 Å². The topological polar surface area (TPSA) is 74.6 Å². The van der Waals surface area contributed by atoms with Gasteiger partial charge in [0.1, 0.15) is 5.75 Å². The first-order valence-electron chi connectivity index (χ1n) is 5.70. The molecule has 96 valence electrons. The highest BCUT2D eigenvalue weighted by Crippen LogP contribution is 2.19. The number of benzene rings is 1. The number of para-hydroxylation sites is 1. The Morgan fingerprint density at radius 2 is 2.21 bits per heavy atom. The molecule has 5 nitrogen and oxygen atoms in total. The van der Waals surface area contributed by atoms with E-state index < -0.39 is 0 Å². The molecule has 0 atom stereocenters. The van der Waals surface area contributed by atoms with E-state index in [9.17, 15) is 9.90 Å². The molecule has 0 aliphatic carbocycles. The highest BCUT2D eigenvalue weighted by atomic mass is 16.3. The van der Waals surface area contributed by atoms with E-state index in [-0.39, 0.29) is 11.7 Å². The number of phenols is 1. The lowest BCUT2D eigenvalue weighted by molar-refractivity contribution is 0.0954. The molecule has 1 aromatic heterocycles. The van der Waals surface area contributed by atoms with E-state index in [4.69, 9.17) is 0 Å². The molecule has 0 bridgehead atoms. The summed E-state index contributed by atoms with van der Waals surface area (Å²) in [6.07, 6.45) is 4.44. The first-order chi connectivity index (χ1) is 9.18. The van der Waals surface area contributed by atoms with Crippen LogP contribution in [0.4, 0.5) is 0 Å². The third kappa shape index (κ3) is 3.16. The van der Waals surface area contributed by atoms with E-state index in [1.165, 1.54) is 12.4 Å². The number of aromatic hydroxyl groups is 1. The molecular formula is C14H13N3O2. The summed E-state index contributed by atoms with van der Waals surface area (Å²) in [6, 6.07) is 8.62. The fourth-order valence-corrected chi connectivity index (χ4v) is 1.51. The second-order valence-electron chi connectivity index (χ2n) is 3.95. The Balaban J connectivity index is 2.05. The molecule has 2 aromatic rings. The zero-order valence-corrected chi connectivity index (χ0v) is 10.4. The number of amides is 1. The molecule has 5 heteroatoms. The zero-order valence-electron chi connectivity index (χ0n) is 10.4. The van der Waals surface area contributed by atoms with Crippen molar-refractivity contribution >= 4 is 12.1 Å². The van der Waals surface area contributed by atoms with Gasteiger partial charge in [-0.3, -0.25) is 9.78 Å². The molecule has 0 unspecified atom stereocenters. The van der Waals surface area contributed by atoms with E-state index in [1.54, 1.807) is 43.5 Å². The van der Waals surface area contributed by atoms with Crippen LogP contribution in [0.2, 0.25) is 0 Å². The van der Waals surface area contributed by atoms with Crippen molar-refractivity contribution in [1.82, 2.24) is 10.4 Å². The van der Waals surface area contributed by atoms with Crippen molar-refractivity contribution in [2.45, 2.75) is 6.92 Å². The second kappa shape index (κ2) is 5.77. The van der Waals surface area contributed by atoms with E-state index in [0.29, 0.717) is 11.1 Å². The number of carbonyl (C=O) groups is 1. The smallest absolute Gasteiger partial charge is 0.272 e. The molecule has 19 heavy (non-hydrogen) atoms. The van der Waals surface area contributed by atoms with Gasteiger partial charge in [-0.15, -0.1) is 0 Å². The normalized spacial score (nSPS) is 10.6. The van der Waals surface area contributed by atoms with Gasteiger partial charge in [0.2, 0.25) is 0 Å². The lowest BCUT2D eigenvalue weighted by Crippen LogP contribution is -2.17. The number of pyridine rings is 1. The Kier molecular flexibility index (Phi) is 3.87. The molecule has 1 aromatic carbocycles. The molecule has 0 aliphatic rings. The van der Waals surface area contributed by atoms with Crippen LogP contribution in [0.3, 0.4) is 0 Å². The minimum absolute atomic E-state index is 0.155. The van der Waals surface area contributed by atoms with Gasteiger partial charge in [-0.1, -0.05) is 12.1 Å². The summed E-state index contributed by atoms with van der Waals surface area (Å²) in [6.45, 7) is 1.79. The zero-order chi connectivity index (χ0) is 13.7. The van der Waals surface area contributed by atoms with Gasteiger partial charge in [-0.25, -0.2) is 5.43 Å². The lowest BCUT2D eigenvalue weighted by Gasteiger charge is -2.02. The van der Waals surface area contributed by atoms with Gasteiger partial charge in [0.05, 0.1) is 11.8 Å². The molecule has 2 rings (SSSR count). The number of phenolic OH excluding ortho intramolecular Hbond substituents is 1. The van der Waals surface area contributed by atoms with Gasteiger partial charge in [0.25, 0.3) is 5.91 Å². The Hall–Kier alpha value is -2.69. The first kappa shape index (κ1) is 12.8. The van der Waals surface area contributed by atoms with Crippen LogP contribution in [0, 0.1) is 6.92 Å². The van der Waals surface area contributed by atoms with Crippen molar-refractivity contribution in [2.75, 3.05) is 0 Å². The summed E-state index contributed by atoms with van der Waals surface area (Å²) in [5, 5.41) is 13.6. The maximum absolute atomic E-state index is 11.7. The molecule has 0 saturated heterocycles. The van der Waals surface area contributed by atoms with Gasteiger partial charge < -0.3 is 5.11 Å². The third-order valence-electron chi connectivity index (χ3n) is 2.56. The molecule has 0 radical (unpaired) electrons. The van der Waals surface area contributed by atoms with Gasteiger partial charge in [-0.2, -0.15) is 5.10 Å². The number of nitrogens with zero attached hydrogens (tertiary/aromatic N) is 2. The maximum atomic E-state index is 11.7. The number of aryl methyl sites for hydroxylation is 1. The number of aromatic nitrogens is 1. The number of hydrazone groups is 1. The summed E-state index contributed by atoms with van der Waals surface area (Å²) < 4.78 is 0. The predicted octanol–water partition coefficient (Wildman–Crippen LogP) is 1.86. The van der Waals surface area contributed by atoms with Crippen molar-refractivity contribution in [3.63, 3.8) is 0 Å². The number of rotatable bonds is 3. The van der Waals surface area contributed by atoms with Gasteiger partial charge in [0.15, 0.2) is 0 Å². The first-order valence-corrected chi connectivity index (χ1v) is 5.70. The second-order valence-corrected chi connectivity index (χ2v) is 3.95. The maximum Gasteiger partial charge on any atom is 0.272 e.